The smallest absolute Gasteiger partial charge is 0.268 e. The molecule has 0 amide bonds. The first-order valence-electron chi connectivity index (χ1n) is 6.06. The SMILES string of the molecule is Cc1ccc(Cn2nc(C)c(C#N)cc2=O)c(C)c1. The molecule has 19 heavy (non-hydrogen) atoms. The minimum absolute atomic E-state index is 0.248. The molecule has 0 saturated heterocycles. The Kier molecular flexibility index (Phi) is 3.48. The molecule has 4 nitrogen and oxygen atoms in total. The van der Waals surface area contributed by atoms with Gasteiger partial charge in [0.25, 0.3) is 5.56 Å². The van der Waals surface area contributed by atoms with Crippen LogP contribution >= 0.6 is 0 Å². The van der Waals surface area contributed by atoms with Gasteiger partial charge in [0.2, 0.25) is 0 Å². The largest absolute Gasteiger partial charge is 0.268 e. The van der Waals surface area contributed by atoms with Gasteiger partial charge in [0.05, 0.1) is 17.8 Å². The first-order valence-corrected chi connectivity index (χ1v) is 6.06. The third-order valence-electron chi connectivity index (χ3n) is 3.12. The maximum Gasteiger partial charge on any atom is 0.268 e. The molecule has 1 heterocycles. The first-order chi connectivity index (χ1) is 9.01. The van der Waals surface area contributed by atoms with Gasteiger partial charge in [0.15, 0.2) is 0 Å². The molecule has 0 unspecified atom stereocenters. The Morgan fingerprint density at radius 2 is 2.00 bits per heavy atom. The number of hydrogen-bond acceptors (Lipinski definition) is 3. The van der Waals surface area contributed by atoms with Crippen LogP contribution in [0.25, 0.3) is 0 Å². The number of nitriles is 1. The molecule has 0 aliphatic heterocycles. The Morgan fingerprint density at radius 3 is 2.63 bits per heavy atom. The van der Waals surface area contributed by atoms with Crippen LogP contribution in [0.5, 0.6) is 0 Å². The summed E-state index contributed by atoms with van der Waals surface area (Å²) in [5, 5.41) is 13.0. The van der Waals surface area contributed by atoms with Crippen molar-refractivity contribution in [2.75, 3.05) is 0 Å². The van der Waals surface area contributed by atoms with Crippen LogP contribution in [0.3, 0.4) is 0 Å². The molecule has 0 bridgehead atoms. The van der Waals surface area contributed by atoms with Crippen molar-refractivity contribution in [1.82, 2.24) is 9.78 Å². The summed E-state index contributed by atoms with van der Waals surface area (Å²) in [6.45, 7) is 6.21. The van der Waals surface area contributed by atoms with Crippen LogP contribution in [0.15, 0.2) is 29.1 Å². The molecule has 0 aliphatic carbocycles. The Labute approximate surface area is 111 Å². The van der Waals surface area contributed by atoms with E-state index in [2.05, 4.69) is 11.2 Å². The Morgan fingerprint density at radius 1 is 1.26 bits per heavy atom. The van der Waals surface area contributed by atoms with Crippen LogP contribution in [0.4, 0.5) is 0 Å². The summed E-state index contributed by atoms with van der Waals surface area (Å²) in [5.41, 5.74) is 4.05. The van der Waals surface area contributed by atoms with Gasteiger partial charge in [0.1, 0.15) is 6.07 Å². The van der Waals surface area contributed by atoms with E-state index in [-0.39, 0.29) is 5.56 Å². The van der Waals surface area contributed by atoms with Crippen LogP contribution in [0.1, 0.15) is 27.9 Å². The summed E-state index contributed by atoms with van der Waals surface area (Å²) in [6, 6.07) is 9.41. The van der Waals surface area contributed by atoms with Gasteiger partial charge in [-0.3, -0.25) is 4.79 Å². The normalized spacial score (nSPS) is 10.2. The van der Waals surface area contributed by atoms with E-state index in [4.69, 9.17) is 5.26 Å². The first kappa shape index (κ1) is 13.0. The van der Waals surface area contributed by atoms with Gasteiger partial charge in [-0.15, -0.1) is 0 Å². The number of benzene rings is 1. The monoisotopic (exact) mass is 253 g/mol. The lowest BCUT2D eigenvalue weighted by molar-refractivity contribution is 0.625. The summed E-state index contributed by atoms with van der Waals surface area (Å²) in [4.78, 5) is 11.9. The highest BCUT2D eigenvalue weighted by atomic mass is 16.1. The Bertz CT molecular complexity index is 723. The summed E-state index contributed by atoms with van der Waals surface area (Å²) in [5.74, 6) is 0. The molecular formula is C15H15N3O. The second-order valence-electron chi connectivity index (χ2n) is 4.68. The van der Waals surface area contributed by atoms with E-state index >= 15 is 0 Å². The van der Waals surface area contributed by atoms with E-state index in [0.717, 1.165) is 11.1 Å². The molecule has 0 N–H and O–H groups in total. The molecule has 0 fully saturated rings. The molecule has 2 aromatic rings. The fraction of sp³-hybridized carbons (Fsp3) is 0.267. The third-order valence-corrected chi connectivity index (χ3v) is 3.12. The predicted molar refractivity (Wildman–Crippen MR) is 73.0 cm³/mol. The Hall–Kier alpha value is -2.41. The highest BCUT2D eigenvalue weighted by molar-refractivity contribution is 5.32. The van der Waals surface area contributed by atoms with Gasteiger partial charge < -0.3 is 0 Å². The summed E-state index contributed by atoms with van der Waals surface area (Å²) in [6.07, 6.45) is 0. The highest BCUT2D eigenvalue weighted by Crippen LogP contribution is 2.11. The van der Waals surface area contributed by atoms with Crippen molar-refractivity contribution < 1.29 is 0 Å². The molecule has 0 radical (unpaired) electrons. The lowest BCUT2D eigenvalue weighted by Crippen LogP contribution is -2.24. The standard InChI is InChI=1S/C15H15N3O/c1-10-4-5-13(11(2)6-10)9-18-15(19)7-14(8-16)12(3)17-18/h4-7H,9H2,1-3H3. The van der Waals surface area contributed by atoms with Crippen LogP contribution < -0.4 is 5.56 Å². The predicted octanol–water partition coefficient (Wildman–Crippen LogP) is 2.09. The van der Waals surface area contributed by atoms with Crippen LogP contribution in [-0.4, -0.2) is 9.78 Å². The van der Waals surface area contributed by atoms with E-state index in [1.54, 1.807) is 6.92 Å². The molecule has 0 atom stereocenters. The summed E-state index contributed by atoms with van der Waals surface area (Å²) >= 11 is 0. The zero-order valence-corrected chi connectivity index (χ0v) is 11.3. The maximum absolute atomic E-state index is 11.9. The second kappa shape index (κ2) is 5.07. The molecule has 2 rings (SSSR count). The van der Waals surface area contributed by atoms with Gasteiger partial charge in [0, 0.05) is 6.07 Å². The average molecular weight is 253 g/mol. The molecule has 0 saturated carbocycles. The average Bonchev–Trinajstić information content (AvgIpc) is 2.36. The second-order valence-corrected chi connectivity index (χ2v) is 4.68. The van der Waals surface area contributed by atoms with Gasteiger partial charge in [-0.05, 0) is 31.9 Å². The minimum atomic E-state index is -0.248. The van der Waals surface area contributed by atoms with E-state index in [1.807, 2.05) is 32.0 Å². The van der Waals surface area contributed by atoms with Crippen molar-refractivity contribution in [3.05, 3.63) is 62.6 Å². The van der Waals surface area contributed by atoms with E-state index in [1.165, 1.54) is 16.3 Å². The van der Waals surface area contributed by atoms with Crippen molar-refractivity contribution >= 4 is 0 Å². The molecule has 4 heteroatoms. The molecule has 0 aliphatic rings. The lowest BCUT2D eigenvalue weighted by atomic mass is 10.1. The molecule has 1 aromatic heterocycles. The van der Waals surface area contributed by atoms with Crippen LogP contribution in [0, 0.1) is 32.1 Å². The number of rotatable bonds is 2. The topological polar surface area (TPSA) is 58.7 Å². The molecule has 0 spiro atoms. The van der Waals surface area contributed by atoms with Crippen molar-refractivity contribution in [1.29, 1.82) is 5.26 Å². The number of hydrogen-bond donors (Lipinski definition) is 0. The summed E-state index contributed by atoms with van der Waals surface area (Å²) in [7, 11) is 0. The van der Waals surface area contributed by atoms with Gasteiger partial charge in [-0.2, -0.15) is 10.4 Å². The maximum atomic E-state index is 11.9. The van der Waals surface area contributed by atoms with E-state index in [9.17, 15) is 4.79 Å². The Balaban J connectivity index is 2.42. The van der Waals surface area contributed by atoms with Crippen molar-refractivity contribution in [3.63, 3.8) is 0 Å². The van der Waals surface area contributed by atoms with Crippen LogP contribution in [0.2, 0.25) is 0 Å². The highest BCUT2D eigenvalue weighted by Gasteiger charge is 2.06. The zero-order chi connectivity index (χ0) is 14.0. The number of aromatic nitrogens is 2. The zero-order valence-electron chi connectivity index (χ0n) is 11.3. The van der Waals surface area contributed by atoms with Gasteiger partial charge >= 0.3 is 0 Å². The number of nitrogens with zero attached hydrogens (tertiary/aromatic N) is 3. The van der Waals surface area contributed by atoms with Crippen LogP contribution in [-0.2, 0) is 6.54 Å². The van der Waals surface area contributed by atoms with E-state index in [0.29, 0.717) is 17.8 Å². The molecular weight excluding hydrogens is 238 g/mol. The minimum Gasteiger partial charge on any atom is -0.268 e. The van der Waals surface area contributed by atoms with Gasteiger partial charge in [-0.25, -0.2) is 4.68 Å². The summed E-state index contributed by atoms with van der Waals surface area (Å²) < 4.78 is 1.40. The number of aryl methyl sites for hydroxylation is 3. The molecule has 1 aromatic carbocycles. The fourth-order valence-corrected chi connectivity index (χ4v) is 2.00. The van der Waals surface area contributed by atoms with Crippen molar-refractivity contribution in [2.24, 2.45) is 0 Å². The van der Waals surface area contributed by atoms with Crippen molar-refractivity contribution in [3.8, 4) is 6.07 Å². The lowest BCUT2D eigenvalue weighted by Gasteiger charge is -2.09. The van der Waals surface area contributed by atoms with E-state index < -0.39 is 0 Å². The fourth-order valence-electron chi connectivity index (χ4n) is 2.00. The molecule has 96 valence electrons. The quantitative estimate of drug-likeness (QED) is 0.823. The third kappa shape index (κ3) is 2.71. The van der Waals surface area contributed by atoms with Crippen molar-refractivity contribution in [2.45, 2.75) is 27.3 Å². The van der Waals surface area contributed by atoms with Gasteiger partial charge in [-0.1, -0.05) is 23.8 Å².